The molecule has 3 N–H and O–H groups in total. The van der Waals surface area contributed by atoms with E-state index in [1.807, 2.05) is 0 Å². The Kier molecular flexibility index (Phi) is 10.9. The number of aliphatic hydroxyl groups excluding tert-OH is 1. The molecule has 0 saturated heterocycles. The van der Waals surface area contributed by atoms with Gasteiger partial charge in [-0.2, -0.15) is 0 Å². The van der Waals surface area contributed by atoms with E-state index in [4.69, 9.17) is 15.6 Å². The van der Waals surface area contributed by atoms with Gasteiger partial charge in [0.15, 0.2) is 0 Å². The Hall–Kier alpha value is -0.120. The lowest BCUT2D eigenvalue weighted by Crippen LogP contribution is -2.27. The maximum Gasteiger partial charge on any atom is 0.0618 e. The van der Waals surface area contributed by atoms with Crippen molar-refractivity contribution in [3.63, 3.8) is 0 Å². The molecule has 0 radical (unpaired) electrons. The minimum absolute atomic E-state index is 0.00404. The quantitative estimate of drug-likeness (QED) is 0.531. The van der Waals surface area contributed by atoms with Gasteiger partial charge in [-0.1, -0.05) is 32.6 Å². The van der Waals surface area contributed by atoms with E-state index in [9.17, 15) is 0 Å². The Balaban J connectivity index is 2.98. The summed E-state index contributed by atoms with van der Waals surface area (Å²) in [6.45, 7) is 3.75. The fourth-order valence-corrected chi connectivity index (χ4v) is 1.29. The zero-order chi connectivity index (χ0) is 10.6. The number of unbranched alkanes of at least 4 members (excludes halogenated alkanes) is 4. The largest absolute Gasteiger partial charge is 0.396 e. The first-order valence-corrected chi connectivity index (χ1v) is 5.75. The Bertz CT molecular complexity index is 109. The molecule has 0 aliphatic heterocycles. The van der Waals surface area contributed by atoms with Crippen molar-refractivity contribution in [1.29, 1.82) is 0 Å². The highest BCUT2D eigenvalue weighted by Gasteiger charge is 2.00. The predicted octanol–water partition coefficient (Wildman–Crippen LogP) is 1.68. The molecule has 1 atom stereocenters. The lowest BCUT2D eigenvalue weighted by atomic mass is 10.2. The number of aliphatic hydroxyl groups is 1. The average Bonchev–Trinajstić information content (AvgIpc) is 2.17. The van der Waals surface area contributed by atoms with E-state index in [0.29, 0.717) is 13.0 Å². The topological polar surface area (TPSA) is 55.5 Å². The van der Waals surface area contributed by atoms with E-state index < -0.39 is 0 Å². The molecular weight excluding hydrogens is 178 g/mol. The summed E-state index contributed by atoms with van der Waals surface area (Å²) in [5, 5.41) is 8.60. The summed E-state index contributed by atoms with van der Waals surface area (Å²) in [6, 6.07) is -0.00404. The summed E-state index contributed by atoms with van der Waals surface area (Å²) >= 11 is 0. The van der Waals surface area contributed by atoms with Gasteiger partial charge in [0.05, 0.1) is 6.61 Å². The molecule has 0 aromatic rings. The van der Waals surface area contributed by atoms with E-state index in [0.717, 1.165) is 13.0 Å². The minimum atomic E-state index is -0.00404. The van der Waals surface area contributed by atoms with Crippen LogP contribution in [0.3, 0.4) is 0 Å². The van der Waals surface area contributed by atoms with Crippen molar-refractivity contribution in [3.05, 3.63) is 0 Å². The predicted molar refractivity (Wildman–Crippen MR) is 59.3 cm³/mol. The van der Waals surface area contributed by atoms with Crippen LogP contribution in [0.25, 0.3) is 0 Å². The standard InChI is InChI=1S/C11H25NO2/c1-2-3-4-5-6-9-14-10-11(12)7-8-13/h11,13H,2-10,12H2,1H3. The zero-order valence-electron chi connectivity index (χ0n) is 9.37. The summed E-state index contributed by atoms with van der Waals surface area (Å²) < 4.78 is 5.39. The molecule has 14 heavy (non-hydrogen) atoms. The molecule has 0 aliphatic rings. The van der Waals surface area contributed by atoms with Gasteiger partial charge in [-0.3, -0.25) is 0 Å². The van der Waals surface area contributed by atoms with Gasteiger partial charge in [-0.25, -0.2) is 0 Å². The van der Waals surface area contributed by atoms with E-state index in [1.54, 1.807) is 0 Å². The van der Waals surface area contributed by atoms with Gasteiger partial charge >= 0.3 is 0 Å². The Morgan fingerprint density at radius 1 is 1.21 bits per heavy atom. The van der Waals surface area contributed by atoms with Gasteiger partial charge in [-0.05, 0) is 12.8 Å². The highest BCUT2D eigenvalue weighted by atomic mass is 16.5. The average molecular weight is 203 g/mol. The van der Waals surface area contributed by atoms with Gasteiger partial charge in [0.25, 0.3) is 0 Å². The minimum Gasteiger partial charge on any atom is -0.396 e. The molecular formula is C11H25NO2. The first-order valence-electron chi connectivity index (χ1n) is 5.75. The molecule has 0 amide bonds. The van der Waals surface area contributed by atoms with Crippen LogP contribution in [0.15, 0.2) is 0 Å². The van der Waals surface area contributed by atoms with Crippen LogP contribution in [0, 0.1) is 0 Å². The van der Waals surface area contributed by atoms with Crippen LogP contribution < -0.4 is 5.73 Å². The van der Waals surface area contributed by atoms with Gasteiger partial charge in [-0.15, -0.1) is 0 Å². The van der Waals surface area contributed by atoms with Crippen LogP contribution in [0.4, 0.5) is 0 Å². The molecule has 0 heterocycles. The van der Waals surface area contributed by atoms with Crippen LogP contribution in [-0.4, -0.2) is 31.0 Å². The Labute approximate surface area is 87.6 Å². The summed E-state index contributed by atoms with van der Waals surface area (Å²) in [5.74, 6) is 0. The maximum atomic E-state index is 8.60. The molecule has 0 rings (SSSR count). The third kappa shape index (κ3) is 9.96. The van der Waals surface area contributed by atoms with Gasteiger partial charge in [0, 0.05) is 19.3 Å². The second-order valence-electron chi connectivity index (χ2n) is 3.76. The van der Waals surface area contributed by atoms with E-state index >= 15 is 0 Å². The van der Waals surface area contributed by atoms with Gasteiger partial charge in [0.2, 0.25) is 0 Å². The van der Waals surface area contributed by atoms with Crippen molar-refractivity contribution in [2.24, 2.45) is 5.73 Å². The molecule has 1 unspecified atom stereocenters. The number of ether oxygens (including phenoxy) is 1. The summed E-state index contributed by atoms with van der Waals surface area (Å²) in [4.78, 5) is 0. The SMILES string of the molecule is CCCCCCCOCC(N)CCO. The van der Waals surface area contributed by atoms with E-state index in [2.05, 4.69) is 6.92 Å². The number of rotatable bonds is 10. The molecule has 0 aromatic heterocycles. The van der Waals surface area contributed by atoms with Crippen molar-refractivity contribution < 1.29 is 9.84 Å². The zero-order valence-corrected chi connectivity index (χ0v) is 9.37. The van der Waals surface area contributed by atoms with E-state index in [-0.39, 0.29) is 12.6 Å². The molecule has 0 spiro atoms. The van der Waals surface area contributed by atoms with Crippen LogP contribution in [-0.2, 0) is 4.74 Å². The summed E-state index contributed by atoms with van der Waals surface area (Å²) in [5.41, 5.74) is 5.66. The molecule has 0 bridgehead atoms. The highest BCUT2D eigenvalue weighted by Crippen LogP contribution is 2.02. The summed E-state index contributed by atoms with van der Waals surface area (Å²) in [7, 11) is 0. The molecule has 0 aromatic carbocycles. The first kappa shape index (κ1) is 13.9. The van der Waals surface area contributed by atoms with Crippen molar-refractivity contribution in [1.82, 2.24) is 0 Å². The van der Waals surface area contributed by atoms with Crippen molar-refractivity contribution in [2.75, 3.05) is 19.8 Å². The second kappa shape index (κ2) is 11.0. The third-order valence-corrected chi connectivity index (χ3v) is 2.22. The van der Waals surface area contributed by atoms with Gasteiger partial charge < -0.3 is 15.6 Å². The third-order valence-electron chi connectivity index (χ3n) is 2.22. The van der Waals surface area contributed by atoms with E-state index in [1.165, 1.54) is 25.7 Å². The molecule has 0 aliphatic carbocycles. The molecule has 3 nitrogen and oxygen atoms in total. The van der Waals surface area contributed by atoms with Crippen molar-refractivity contribution in [3.8, 4) is 0 Å². The fourth-order valence-electron chi connectivity index (χ4n) is 1.29. The number of hydrogen-bond acceptors (Lipinski definition) is 3. The van der Waals surface area contributed by atoms with Crippen molar-refractivity contribution >= 4 is 0 Å². The monoisotopic (exact) mass is 203 g/mol. The number of hydrogen-bond donors (Lipinski definition) is 2. The molecule has 0 saturated carbocycles. The molecule has 86 valence electrons. The van der Waals surface area contributed by atoms with Crippen LogP contribution in [0.5, 0.6) is 0 Å². The molecule has 0 fully saturated rings. The first-order chi connectivity index (χ1) is 6.81. The van der Waals surface area contributed by atoms with Gasteiger partial charge in [0.1, 0.15) is 0 Å². The summed E-state index contributed by atoms with van der Waals surface area (Å²) in [6.07, 6.45) is 6.93. The highest BCUT2D eigenvalue weighted by molar-refractivity contribution is 4.58. The lowest BCUT2D eigenvalue weighted by Gasteiger charge is -2.10. The maximum absolute atomic E-state index is 8.60. The van der Waals surface area contributed by atoms with Crippen LogP contribution in [0.1, 0.15) is 45.4 Å². The lowest BCUT2D eigenvalue weighted by molar-refractivity contribution is 0.109. The Morgan fingerprint density at radius 3 is 2.57 bits per heavy atom. The molecule has 3 heteroatoms. The second-order valence-corrected chi connectivity index (χ2v) is 3.76. The number of nitrogens with two attached hydrogens (primary N) is 1. The van der Waals surface area contributed by atoms with Crippen LogP contribution >= 0.6 is 0 Å². The Morgan fingerprint density at radius 2 is 1.93 bits per heavy atom. The fraction of sp³-hybridized carbons (Fsp3) is 1.00. The normalized spacial score (nSPS) is 13.1. The van der Waals surface area contributed by atoms with Crippen molar-refractivity contribution in [2.45, 2.75) is 51.5 Å². The van der Waals surface area contributed by atoms with Crippen LogP contribution in [0.2, 0.25) is 0 Å². The smallest absolute Gasteiger partial charge is 0.0618 e.